The van der Waals surface area contributed by atoms with Gasteiger partial charge in [-0.2, -0.15) is 14.7 Å². The van der Waals surface area contributed by atoms with Crippen molar-refractivity contribution in [1.29, 1.82) is 5.26 Å². The Morgan fingerprint density at radius 3 is 2.71 bits per heavy atom. The molecule has 110 valence electrons. The smallest absolute Gasteiger partial charge is 0.243 e. The minimum absolute atomic E-state index is 0.0151. The fraction of sp³-hybridized carbons (Fsp3) is 0.250. The van der Waals surface area contributed by atoms with E-state index in [1.165, 1.54) is 25.2 Å². The van der Waals surface area contributed by atoms with E-state index >= 15 is 0 Å². The number of nitrogens with one attached hydrogen (secondary N) is 1. The van der Waals surface area contributed by atoms with Gasteiger partial charge in [0.05, 0.1) is 22.0 Å². The quantitative estimate of drug-likeness (QED) is 0.916. The topological polar surface area (TPSA) is 103 Å². The maximum absolute atomic E-state index is 12.4. The summed E-state index contributed by atoms with van der Waals surface area (Å²) in [5.41, 5.74) is 0.225. The van der Waals surface area contributed by atoms with Crippen molar-refractivity contribution in [1.82, 2.24) is 19.5 Å². The number of nitriles is 1. The van der Waals surface area contributed by atoms with Crippen molar-refractivity contribution in [2.75, 3.05) is 7.05 Å². The van der Waals surface area contributed by atoms with Crippen LogP contribution in [0.1, 0.15) is 17.2 Å². The van der Waals surface area contributed by atoms with E-state index in [4.69, 9.17) is 16.9 Å². The van der Waals surface area contributed by atoms with Gasteiger partial charge in [0, 0.05) is 7.05 Å². The second kappa shape index (κ2) is 5.81. The molecule has 1 N–H and O–H groups in total. The van der Waals surface area contributed by atoms with Crippen molar-refractivity contribution in [2.24, 2.45) is 0 Å². The van der Waals surface area contributed by atoms with Gasteiger partial charge in [0.2, 0.25) is 10.0 Å². The molecule has 0 spiro atoms. The molecule has 0 radical (unpaired) electrons. The normalized spacial score (nSPS) is 11.6. The second-order valence-corrected chi connectivity index (χ2v) is 6.80. The lowest BCUT2D eigenvalue weighted by atomic mass is 10.2. The highest BCUT2D eigenvalue weighted by Crippen LogP contribution is 2.22. The molecular weight excluding hydrogens is 314 g/mol. The van der Waals surface area contributed by atoms with Gasteiger partial charge in [-0.3, -0.25) is 5.10 Å². The van der Waals surface area contributed by atoms with Crippen molar-refractivity contribution >= 4 is 21.6 Å². The van der Waals surface area contributed by atoms with Crippen LogP contribution >= 0.6 is 11.6 Å². The SMILES string of the molecule is Cc1nc(CN(C)S(=O)(=O)c2ccc(C#N)c(Cl)c2)n[nH]1. The van der Waals surface area contributed by atoms with Gasteiger partial charge in [-0.15, -0.1) is 0 Å². The van der Waals surface area contributed by atoms with Crippen LogP contribution in [0.3, 0.4) is 0 Å². The van der Waals surface area contributed by atoms with Gasteiger partial charge in [-0.05, 0) is 25.1 Å². The molecule has 0 aliphatic carbocycles. The molecule has 0 aliphatic rings. The van der Waals surface area contributed by atoms with E-state index in [2.05, 4.69) is 15.2 Å². The number of hydrogen-bond acceptors (Lipinski definition) is 5. The van der Waals surface area contributed by atoms with Crippen LogP contribution in [0.5, 0.6) is 0 Å². The standard InChI is InChI=1S/C12H12ClN5O2S/c1-8-15-12(17-16-8)7-18(2)21(19,20)10-4-3-9(6-14)11(13)5-10/h3-5H,7H2,1-2H3,(H,15,16,17). The van der Waals surface area contributed by atoms with Gasteiger partial charge in [0.1, 0.15) is 11.9 Å². The third-order valence-corrected chi connectivity index (χ3v) is 4.89. The van der Waals surface area contributed by atoms with Gasteiger partial charge in [-0.25, -0.2) is 13.4 Å². The zero-order valence-electron chi connectivity index (χ0n) is 11.3. The van der Waals surface area contributed by atoms with Crippen LogP contribution in [0, 0.1) is 18.3 Å². The van der Waals surface area contributed by atoms with Gasteiger partial charge in [0.25, 0.3) is 0 Å². The number of aromatic amines is 1. The lowest BCUT2D eigenvalue weighted by molar-refractivity contribution is 0.457. The van der Waals surface area contributed by atoms with E-state index < -0.39 is 10.0 Å². The van der Waals surface area contributed by atoms with E-state index in [-0.39, 0.29) is 22.0 Å². The summed E-state index contributed by atoms with van der Waals surface area (Å²) in [5, 5.41) is 15.4. The molecule has 21 heavy (non-hydrogen) atoms. The highest BCUT2D eigenvalue weighted by Gasteiger charge is 2.23. The Kier molecular flexibility index (Phi) is 4.27. The van der Waals surface area contributed by atoms with Crippen LogP contribution in [0.4, 0.5) is 0 Å². The van der Waals surface area contributed by atoms with Crippen LogP contribution in [0.2, 0.25) is 5.02 Å². The Bertz CT molecular complexity index is 809. The van der Waals surface area contributed by atoms with Crippen molar-refractivity contribution in [3.8, 4) is 6.07 Å². The van der Waals surface area contributed by atoms with E-state index in [0.29, 0.717) is 11.6 Å². The molecule has 0 amide bonds. The van der Waals surface area contributed by atoms with E-state index in [0.717, 1.165) is 4.31 Å². The minimum atomic E-state index is -3.73. The lowest BCUT2D eigenvalue weighted by Crippen LogP contribution is -2.27. The summed E-state index contributed by atoms with van der Waals surface area (Å²) >= 11 is 5.87. The first-order valence-corrected chi connectivity index (χ1v) is 7.70. The molecule has 2 aromatic rings. The molecule has 9 heteroatoms. The highest BCUT2D eigenvalue weighted by molar-refractivity contribution is 7.89. The summed E-state index contributed by atoms with van der Waals surface area (Å²) in [6, 6.07) is 5.86. The molecule has 0 atom stereocenters. The number of rotatable bonds is 4. The number of nitrogens with zero attached hydrogens (tertiary/aromatic N) is 4. The van der Waals surface area contributed by atoms with Gasteiger partial charge >= 0.3 is 0 Å². The summed E-state index contributed by atoms with van der Waals surface area (Å²) in [4.78, 5) is 4.08. The molecule has 0 unspecified atom stereocenters. The number of hydrogen-bond donors (Lipinski definition) is 1. The third-order valence-electron chi connectivity index (χ3n) is 2.78. The third kappa shape index (κ3) is 3.21. The summed E-state index contributed by atoms with van der Waals surface area (Å²) in [5.74, 6) is 0.982. The molecular formula is C12H12ClN5O2S. The van der Waals surface area contributed by atoms with Crippen LogP contribution in [-0.2, 0) is 16.6 Å². The number of H-pyrrole nitrogens is 1. The zero-order valence-corrected chi connectivity index (χ0v) is 12.9. The average Bonchev–Trinajstić information content (AvgIpc) is 2.83. The largest absolute Gasteiger partial charge is 0.263 e. The van der Waals surface area contributed by atoms with Gasteiger partial charge in [0.15, 0.2) is 5.82 Å². The molecule has 1 aromatic heterocycles. The molecule has 0 bridgehead atoms. The number of aromatic nitrogens is 3. The summed E-state index contributed by atoms with van der Waals surface area (Å²) < 4.78 is 25.9. The van der Waals surface area contributed by atoms with Crippen LogP contribution < -0.4 is 0 Å². The van der Waals surface area contributed by atoms with E-state index in [9.17, 15) is 8.42 Å². The van der Waals surface area contributed by atoms with Crippen LogP contribution in [0.15, 0.2) is 23.1 Å². The monoisotopic (exact) mass is 325 g/mol. The van der Waals surface area contributed by atoms with Crippen molar-refractivity contribution in [2.45, 2.75) is 18.4 Å². The first-order chi connectivity index (χ1) is 9.84. The van der Waals surface area contributed by atoms with Crippen LogP contribution in [-0.4, -0.2) is 35.0 Å². The predicted octanol–water partition coefficient (Wildman–Crippen LogP) is 1.46. The number of aryl methyl sites for hydroxylation is 1. The second-order valence-electron chi connectivity index (χ2n) is 4.35. The fourth-order valence-electron chi connectivity index (χ4n) is 1.67. The van der Waals surface area contributed by atoms with Crippen LogP contribution in [0.25, 0.3) is 0 Å². The first kappa shape index (κ1) is 15.4. The Morgan fingerprint density at radius 1 is 1.48 bits per heavy atom. The summed E-state index contributed by atoms with van der Waals surface area (Å²) in [6.07, 6.45) is 0. The predicted molar refractivity (Wildman–Crippen MR) is 75.9 cm³/mol. The molecule has 1 heterocycles. The first-order valence-electron chi connectivity index (χ1n) is 5.88. The molecule has 0 fully saturated rings. The fourth-order valence-corrected chi connectivity index (χ4v) is 3.11. The summed E-state index contributed by atoms with van der Waals surface area (Å²) in [7, 11) is -2.31. The van der Waals surface area contributed by atoms with Gasteiger partial charge < -0.3 is 0 Å². The average molecular weight is 326 g/mol. The molecule has 0 aliphatic heterocycles. The molecule has 2 rings (SSSR count). The van der Waals surface area contributed by atoms with Crippen molar-refractivity contribution < 1.29 is 8.42 Å². The number of sulfonamides is 1. The Morgan fingerprint density at radius 2 is 2.19 bits per heavy atom. The molecule has 1 aromatic carbocycles. The van der Waals surface area contributed by atoms with E-state index in [1.54, 1.807) is 6.92 Å². The minimum Gasteiger partial charge on any atom is -0.263 e. The maximum Gasteiger partial charge on any atom is 0.243 e. The maximum atomic E-state index is 12.4. The van der Waals surface area contributed by atoms with E-state index in [1.807, 2.05) is 6.07 Å². The Balaban J connectivity index is 2.29. The van der Waals surface area contributed by atoms with Crippen molar-refractivity contribution in [3.05, 3.63) is 40.4 Å². The summed E-state index contributed by atoms with van der Waals surface area (Å²) in [6.45, 7) is 1.76. The number of halogens is 1. The lowest BCUT2D eigenvalue weighted by Gasteiger charge is -2.15. The molecule has 7 nitrogen and oxygen atoms in total. The molecule has 0 saturated heterocycles. The Labute approximate surface area is 127 Å². The van der Waals surface area contributed by atoms with Gasteiger partial charge in [-0.1, -0.05) is 11.6 Å². The molecule has 0 saturated carbocycles. The highest BCUT2D eigenvalue weighted by atomic mass is 35.5. The van der Waals surface area contributed by atoms with Crippen molar-refractivity contribution in [3.63, 3.8) is 0 Å². The zero-order chi connectivity index (χ0) is 15.6. The Hall–Kier alpha value is -1.95. The number of benzene rings is 1.